The second-order valence-corrected chi connectivity index (χ2v) is 4.45. The number of hydrogen-bond acceptors (Lipinski definition) is 3. The molecule has 20 heavy (non-hydrogen) atoms. The third kappa shape index (κ3) is 3.14. The van der Waals surface area contributed by atoms with Gasteiger partial charge in [-0.25, -0.2) is 0 Å². The molecule has 0 aliphatic rings. The minimum atomic E-state index is -0.272. The number of H-pyrrole nitrogens is 1. The van der Waals surface area contributed by atoms with Gasteiger partial charge in [0.15, 0.2) is 0 Å². The summed E-state index contributed by atoms with van der Waals surface area (Å²) in [6, 6.07) is 4.58. The van der Waals surface area contributed by atoms with Crippen molar-refractivity contribution in [3.63, 3.8) is 0 Å². The summed E-state index contributed by atoms with van der Waals surface area (Å²) in [4.78, 5) is 27.8. The summed E-state index contributed by atoms with van der Waals surface area (Å²) >= 11 is 0. The number of pyridine rings is 1. The van der Waals surface area contributed by atoms with Crippen molar-refractivity contribution in [2.45, 2.75) is 26.9 Å². The molecule has 106 valence electrons. The molecule has 0 unspecified atom stereocenters. The van der Waals surface area contributed by atoms with Gasteiger partial charge < -0.3 is 9.88 Å². The van der Waals surface area contributed by atoms with Gasteiger partial charge >= 0.3 is 0 Å². The van der Waals surface area contributed by atoms with E-state index in [1.807, 2.05) is 24.7 Å². The Labute approximate surface area is 117 Å². The van der Waals surface area contributed by atoms with Crippen molar-refractivity contribution in [1.82, 2.24) is 19.7 Å². The van der Waals surface area contributed by atoms with Crippen molar-refractivity contribution in [3.8, 4) is 0 Å². The standard InChI is InChI=1S/C14H18N4O2/c1-3-17(9-11-8-15-18(4-2)10-11)14(20)12-6-5-7-13(19)16-12/h5-8,10H,3-4,9H2,1-2H3,(H,16,19). The van der Waals surface area contributed by atoms with Crippen LogP contribution in [0, 0.1) is 0 Å². The van der Waals surface area contributed by atoms with Crippen LogP contribution < -0.4 is 5.56 Å². The minimum absolute atomic E-state index is 0.186. The molecule has 0 fully saturated rings. The SMILES string of the molecule is CCN(Cc1cnn(CC)c1)C(=O)c1cccc(=O)[nH]1. The summed E-state index contributed by atoms with van der Waals surface area (Å²) in [5.41, 5.74) is 1.01. The Bertz CT molecular complexity index is 644. The average molecular weight is 274 g/mol. The lowest BCUT2D eigenvalue weighted by molar-refractivity contribution is 0.0746. The van der Waals surface area contributed by atoms with Crippen molar-refractivity contribution in [2.75, 3.05) is 6.54 Å². The summed E-state index contributed by atoms with van der Waals surface area (Å²) in [5.74, 6) is -0.186. The zero-order valence-corrected chi connectivity index (χ0v) is 11.7. The lowest BCUT2D eigenvalue weighted by Crippen LogP contribution is -2.31. The predicted octanol–water partition coefficient (Wildman–Crippen LogP) is 1.25. The molecule has 0 saturated carbocycles. The van der Waals surface area contributed by atoms with E-state index in [1.165, 1.54) is 6.07 Å². The van der Waals surface area contributed by atoms with Crippen LogP contribution in [0.3, 0.4) is 0 Å². The van der Waals surface area contributed by atoms with Crippen LogP contribution in [0.2, 0.25) is 0 Å². The Morgan fingerprint density at radius 3 is 2.80 bits per heavy atom. The topological polar surface area (TPSA) is 71.0 Å². The number of aromatic nitrogens is 3. The molecule has 1 amide bonds. The fourth-order valence-electron chi connectivity index (χ4n) is 1.95. The molecule has 0 aliphatic heterocycles. The van der Waals surface area contributed by atoms with E-state index in [0.29, 0.717) is 18.8 Å². The van der Waals surface area contributed by atoms with E-state index in [-0.39, 0.29) is 11.5 Å². The minimum Gasteiger partial charge on any atom is -0.333 e. The number of nitrogens with zero attached hydrogens (tertiary/aromatic N) is 3. The number of aromatic amines is 1. The van der Waals surface area contributed by atoms with Crippen LogP contribution in [-0.2, 0) is 13.1 Å². The van der Waals surface area contributed by atoms with E-state index in [4.69, 9.17) is 0 Å². The highest BCUT2D eigenvalue weighted by molar-refractivity contribution is 5.92. The molecule has 2 rings (SSSR count). The van der Waals surface area contributed by atoms with Gasteiger partial charge in [-0.1, -0.05) is 6.07 Å². The first kappa shape index (κ1) is 14.0. The molecule has 0 bridgehead atoms. The number of carbonyl (C=O) groups is 1. The van der Waals surface area contributed by atoms with Crippen molar-refractivity contribution in [2.24, 2.45) is 0 Å². The van der Waals surface area contributed by atoms with Gasteiger partial charge in [-0.2, -0.15) is 5.10 Å². The highest BCUT2D eigenvalue weighted by Crippen LogP contribution is 2.07. The number of amides is 1. The second kappa shape index (κ2) is 6.18. The van der Waals surface area contributed by atoms with Crippen molar-refractivity contribution in [1.29, 1.82) is 0 Å². The fraction of sp³-hybridized carbons (Fsp3) is 0.357. The van der Waals surface area contributed by atoms with Crippen molar-refractivity contribution >= 4 is 5.91 Å². The molecule has 0 atom stereocenters. The van der Waals surface area contributed by atoms with E-state index in [2.05, 4.69) is 10.1 Å². The average Bonchev–Trinajstić information content (AvgIpc) is 2.91. The molecular weight excluding hydrogens is 256 g/mol. The molecule has 0 aliphatic carbocycles. The van der Waals surface area contributed by atoms with Gasteiger partial charge in [-0.3, -0.25) is 14.3 Å². The quantitative estimate of drug-likeness (QED) is 0.892. The van der Waals surface area contributed by atoms with Crippen LogP contribution in [0.1, 0.15) is 29.9 Å². The van der Waals surface area contributed by atoms with Gasteiger partial charge in [0.2, 0.25) is 5.56 Å². The summed E-state index contributed by atoms with van der Waals surface area (Å²) in [7, 11) is 0. The molecule has 2 heterocycles. The molecule has 0 spiro atoms. The van der Waals surface area contributed by atoms with Crippen LogP contribution in [0.4, 0.5) is 0 Å². The molecule has 6 heteroatoms. The smallest absolute Gasteiger partial charge is 0.270 e. The Morgan fingerprint density at radius 2 is 2.20 bits per heavy atom. The van der Waals surface area contributed by atoms with Crippen LogP contribution >= 0.6 is 0 Å². The van der Waals surface area contributed by atoms with Gasteiger partial charge in [0.1, 0.15) is 5.69 Å². The van der Waals surface area contributed by atoms with Crippen LogP contribution in [-0.4, -0.2) is 32.1 Å². The first-order chi connectivity index (χ1) is 9.63. The molecule has 2 aromatic heterocycles. The predicted molar refractivity (Wildman–Crippen MR) is 75.4 cm³/mol. The molecule has 0 aromatic carbocycles. The zero-order valence-electron chi connectivity index (χ0n) is 11.7. The third-order valence-electron chi connectivity index (χ3n) is 3.05. The van der Waals surface area contributed by atoms with E-state index in [1.54, 1.807) is 23.2 Å². The number of rotatable bonds is 5. The van der Waals surface area contributed by atoms with E-state index in [9.17, 15) is 9.59 Å². The highest BCUT2D eigenvalue weighted by Gasteiger charge is 2.15. The lowest BCUT2D eigenvalue weighted by Gasteiger charge is -2.19. The van der Waals surface area contributed by atoms with E-state index in [0.717, 1.165) is 12.1 Å². The number of nitrogens with one attached hydrogen (secondary N) is 1. The lowest BCUT2D eigenvalue weighted by atomic mass is 10.2. The van der Waals surface area contributed by atoms with Gasteiger partial charge in [0.05, 0.1) is 6.20 Å². The van der Waals surface area contributed by atoms with Gasteiger partial charge in [-0.15, -0.1) is 0 Å². The molecule has 6 nitrogen and oxygen atoms in total. The first-order valence-electron chi connectivity index (χ1n) is 6.64. The molecule has 1 N–H and O–H groups in total. The summed E-state index contributed by atoms with van der Waals surface area (Å²) < 4.78 is 1.82. The largest absolute Gasteiger partial charge is 0.333 e. The van der Waals surface area contributed by atoms with Crippen LogP contribution in [0.5, 0.6) is 0 Å². The normalized spacial score (nSPS) is 10.5. The van der Waals surface area contributed by atoms with Gasteiger partial charge in [0.25, 0.3) is 5.91 Å². The van der Waals surface area contributed by atoms with Crippen LogP contribution in [0.15, 0.2) is 35.4 Å². The van der Waals surface area contributed by atoms with E-state index >= 15 is 0 Å². The van der Waals surface area contributed by atoms with Gasteiger partial charge in [0, 0.05) is 37.5 Å². The highest BCUT2D eigenvalue weighted by atomic mass is 16.2. The molecule has 0 radical (unpaired) electrons. The first-order valence-corrected chi connectivity index (χ1v) is 6.64. The summed E-state index contributed by atoms with van der Waals surface area (Å²) in [6.07, 6.45) is 3.68. The van der Waals surface area contributed by atoms with Crippen molar-refractivity contribution in [3.05, 3.63) is 52.2 Å². The number of hydrogen-bond donors (Lipinski definition) is 1. The maximum absolute atomic E-state index is 12.3. The third-order valence-corrected chi connectivity index (χ3v) is 3.05. The van der Waals surface area contributed by atoms with Crippen LogP contribution in [0.25, 0.3) is 0 Å². The molecule has 2 aromatic rings. The Hall–Kier alpha value is -2.37. The molecular formula is C14H18N4O2. The number of carbonyl (C=O) groups excluding carboxylic acids is 1. The molecule has 0 saturated heterocycles. The van der Waals surface area contributed by atoms with E-state index < -0.39 is 0 Å². The Balaban J connectivity index is 2.15. The summed E-state index contributed by atoms with van der Waals surface area (Å²) in [5, 5.41) is 4.19. The second-order valence-electron chi connectivity index (χ2n) is 4.45. The Kier molecular flexibility index (Phi) is 4.34. The number of aryl methyl sites for hydroxylation is 1. The van der Waals surface area contributed by atoms with Crippen molar-refractivity contribution < 1.29 is 4.79 Å². The van der Waals surface area contributed by atoms with Gasteiger partial charge in [-0.05, 0) is 19.9 Å². The monoisotopic (exact) mass is 274 g/mol. The maximum atomic E-state index is 12.3. The Morgan fingerprint density at radius 1 is 1.40 bits per heavy atom. The fourth-order valence-corrected chi connectivity index (χ4v) is 1.95. The summed E-state index contributed by atoms with van der Waals surface area (Å²) in [6.45, 7) is 5.75. The zero-order chi connectivity index (χ0) is 14.5. The maximum Gasteiger partial charge on any atom is 0.270 e.